The summed E-state index contributed by atoms with van der Waals surface area (Å²) in [5.41, 5.74) is 6.44. The van der Waals surface area contributed by atoms with Gasteiger partial charge in [0, 0.05) is 25.4 Å². The minimum Gasteiger partial charge on any atom is -0.356 e. The van der Waals surface area contributed by atoms with Crippen LogP contribution in [0.4, 0.5) is 0 Å². The molecule has 0 aliphatic heterocycles. The van der Waals surface area contributed by atoms with Crippen molar-refractivity contribution < 1.29 is 4.79 Å². The maximum atomic E-state index is 11.2. The Bertz CT molecular complexity index is 296. The Kier molecular flexibility index (Phi) is 12.7. The molecule has 1 heterocycles. The molecule has 0 aliphatic carbocycles. The molecule has 1 aromatic heterocycles. The molecule has 0 radical (unpaired) electrons. The minimum atomic E-state index is 0. The number of carbonyl (C=O) groups is 1. The van der Waals surface area contributed by atoms with Gasteiger partial charge in [-0.1, -0.05) is 6.07 Å². The van der Waals surface area contributed by atoms with Gasteiger partial charge in [-0.15, -0.1) is 24.8 Å². The lowest BCUT2D eigenvalue weighted by Crippen LogP contribution is -2.25. The molecule has 4 nitrogen and oxygen atoms in total. The van der Waals surface area contributed by atoms with E-state index in [2.05, 4.69) is 10.3 Å². The first kappa shape index (κ1) is 18.5. The zero-order chi connectivity index (χ0) is 10.9. The van der Waals surface area contributed by atoms with E-state index < -0.39 is 0 Å². The van der Waals surface area contributed by atoms with Crippen molar-refractivity contribution in [3.05, 3.63) is 30.1 Å². The van der Waals surface area contributed by atoms with Gasteiger partial charge in [-0.2, -0.15) is 0 Å². The third-order valence-corrected chi connectivity index (χ3v) is 2.07. The second-order valence-electron chi connectivity index (χ2n) is 3.35. The molecule has 0 spiro atoms. The van der Waals surface area contributed by atoms with Gasteiger partial charge in [-0.25, -0.2) is 0 Å². The van der Waals surface area contributed by atoms with Crippen molar-refractivity contribution in [1.29, 1.82) is 0 Å². The number of nitrogens with one attached hydrogen (secondary N) is 1. The Morgan fingerprint density at radius 1 is 1.41 bits per heavy atom. The van der Waals surface area contributed by atoms with Gasteiger partial charge in [0.05, 0.1) is 0 Å². The van der Waals surface area contributed by atoms with Crippen LogP contribution in [0.25, 0.3) is 0 Å². The molecule has 6 heteroatoms. The van der Waals surface area contributed by atoms with Crippen LogP contribution in [0.2, 0.25) is 0 Å². The number of nitrogens with zero attached hydrogens (tertiary/aromatic N) is 1. The average Bonchev–Trinajstić information content (AvgIpc) is 2.28. The van der Waals surface area contributed by atoms with Crippen molar-refractivity contribution in [2.24, 2.45) is 5.73 Å². The second-order valence-corrected chi connectivity index (χ2v) is 3.35. The topological polar surface area (TPSA) is 68.0 Å². The molecule has 0 saturated carbocycles. The van der Waals surface area contributed by atoms with Crippen LogP contribution < -0.4 is 11.1 Å². The van der Waals surface area contributed by atoms with Crippen molar-refractivity contribution in [3.8, 4) is 0 Å². The smallest absolute Gasteiger partial charge is 0.220 e. The van der Waals surface area contributed by atoms with Crippen LogP contribution in [-0.4, -0.2) is 24.0 Å². The number of carbonyl (C=O) groups excluding carboxylic acids is 1. The highest BCUT2D eigenvalue weighted by atomic mass is 35.5. The van der Waals surface area contributed by atoms with E-state index in [1.165, 1.54) is 0 Å². The number of rotatable bonds is 6. The Morgan fingerprint density at radius 3 is 2.76 bits per heavy atom. The molecule has 17 heavy (non-hydrogen) atoms. The highest BCUT2D eigenvalue weighted by Gasteiger charge is 1.99. The minimum absolute atomic E-state index is 0. The summed E-state index contributed by atoms with van der Waals surface area (Å²) in [7, 11) is 0. The third kappa shape index (κ3) is 8.92. The molecule has 3 N–H and O–H groups in total. The molecule has 0 aromatic carbocycles. The molecule has 98 valence electrons. The van der Waals surface area contributed by atoms with Gasteiger partial charge in [0.25, 0.3) is 0 Å². The first-order valence-corrected chi connectivity index (χ1v) is 5.18. The van der Waals surface area contributed by atoms with E-state index >= 15 is 0 Å². The lowest BCUT2D eigenvalue weighted by Gasteiger charge is -2.04. The second kappa shape index (κ2) is 11.6. The molecule has 0 saturated heterocycles. The number of hydrogen-bond donors (Lipinski definition) is 2. The highest BCUT2D eigenvalue weighted by Crippen LogP contribution is 1.95. The van der Waals surface area contributed by atoms with Gasteiger partial charge in [0.15, 0.2) is 0 Å². The Morgan fingerprint density at radius 2 is 2.18 bits per heavy atom. The van der Waals surface area contributed by atoms with Crippen molar-refractivity contribution in [1.82, 2.24) is 10.3 Å². The van der Waals surface area contributed by atoms with Crippen molar-refractivity contribution >= 4 is 30.7 Å². The summed E-state index contributed by atoms with van der Waals surface area (Å²) in [6.45, 7) is 1.23. The van der Waals surface area contributed by atoms with E-state index in [4.69, 9.17) is 5.73 Å². The fourth-order valence-electron chi connectivity index (χ4n) is 1.24. The number of hydrogen-bond acceptors (Lipinski definition) is 3. The first-order valence-electron chi connectivity index (χ1n) is 5.18. The predicted octanol–water partition coefficient (Wildman–Crippen LogP) is 1.32. The standard InChI is InChI=1S/C11H17N3O.2ClH/c12-6-1-4-11(15)14-8-5-10-3-2-7-13-9-10;;/h2-3,7,9H,1,4-6,8,12H2,(H,14,15);2*1H. The Balaban J connectivity index is 0. The Hall–Kier alpha value is -0.840. The lowest BCUT2D eigenvalue weighted by molar-refractivity contribution is -0.121. The fourth-order valence-corrected chi connectivity index (χ4v) is 1.24. The number of aromatic nitrogens is 1. The van der Waals surface area contributed by atoms with E-state index in [-0.39, 0.29) is 30.7 Å². The van der Waals surface area contributed by atoms with Gasteiger partial charge >= 0.3 is 0 Å². The molecule has 0 bridgehead atoms. The molecule has 1 aromatic rings. The maximum absolute atomic E-state index is 11.2. The number of pyridine rings is 1. The van der Waals surface area contributed by atoms with E-state index in [1.54, 1.807) is 6.20 Å². The van der Waals surface area contributed by atoms with Crippen LogP contribution in [0.15, 0.2) is 24.5 Å². The van der Waals surface area contributed by atoms with Crippen LogP contribution in [-0.2, 0) is 11.2 Å². The molecular formula is C11H19Cl2N3O. The van der Waals surface area contributed by atoms with E-state index in [9.17, 15) is 4.79 Å². The molecule has 1 rings (SSSR count). The van der Waals surface area contributed by atoms with Gasteiger partial charge in [0.1, 0.15) is 0 Å². The van der Waals surface area contributed by atoms with E-state index in [0.717, 1.165) is 18.4 Å². The lowest BCUT2D eigenvalue weighted by atomic mass is 10.2. The predicted molar refractivity (Wildman–Crippen MR) is 73.7 cm³/mol. The number of halogens is 2. The van der Waals surface area contributed by atoms with Crippen LogP contribution in [0.5, 0.6) is 0 Å². The molecular weight excluding hydrogens is 261 g/mol. The van der Waals surface area contributed by atoms with Crippen LogP contribution >= 0.6 is 24.8 Å². The highest BCUT2D eigenvalue weighted by molar-refractivity contribution is 5.85. The van der Waals surface area contributed by atoms with Crippen molar-refractivity contribution in [2.45, 2.75) is 19.3 Å². The SMILES string of the molecule is Cl.Cl.NCCCC(=O)NCCc1cccnc1. The van der Waals surface area contributed by atoms with Crippen molar-refractivity contribution in [3.63, 3.8) is 0 Å². The summed E-state index contributed by atoms with van der Waals surface area (Å²) in [5.74, 6) is 0.0735. The summed E-state index contributed by atoms with van der Waals surface area (Å²) in [5, 5.41) is 2.84. The van der Waals surface area contributed by atoms with Gasteiger partial charge in [0.2, 0.25) is 5.91 Å². The van der Waals surface area contributed by atoms with Crippen LogP contribution in [0.1, 0.15) is 18.4 Å². The summed E-state index contributed by atoms with van der Waals surface area (Å²) < 4.78 is 0. The Labute approximate surface area is 114 Å². The average molecular weight is 280 g/mol. The van der Waals surface area contributed by atoms with Gasteiger partial charge in [-0.05, 0) is 31.0 Å². The first-order chi connectivity index (χ1) is 7.33. The largest absolute Gasteiger partial charge is 0.356 e. The zero-order valence-electron chi connectivity index (χ0n) is 9.59. The molecule has 0 fully saturated rings. The number of amides is 1. The normalized spacial score (nSPS) is 8.76. The molecule has 1 amide bonds. The van der Waals surface area contributed by atoms with Gasteiger partial charge < -0.3 is 11.1 Å². The summed E-state index contributed by atoms with van der Waals surface area (Å²) in [4.78, 5) is 15.2. The molecule has 0 aliphatic rings. The number of nitrogens with two attached hydrogens (primary N) is 1. The quantitative estimate of drug-likeness (QED) is 0.826. The molecule has 0 atom stereocenters. The van der Waals surface area contributed by atoms with E-state index in [1.807, 2.05) is 18.3 Å². The summed E-state index contributed by atoms with van der Waals surface area (Å²) in [6.07, 6.45) is 5.64. The fraction of sp³-hybridized carbons (Fsp3) is 0.455. The zero-order valence-corrected chi connectivity index (χ0v) is 11.2. The monoisotopic (exact) mass is 279 g/mol. The summed E-state index contributed by atoms with van der Waals surface area (Å²) in [6, 6.07) is 3.89. The maximum Gasteiger partial charge on any atom is 0.220 e. The third-order valence-electron chi connectivity index (χ3n) is 2.07. The van der Waals surface area contributed by atoms with Crippen molar-refractivity contribution in [2.75, 3.05) is 13.1 Å². The molecule has 0 unspecified atom stereocenters. The van der Waals surface area contributed by atoms with Gasteiger partial charge in [-0.3, -0.25) is 9.78 Å². The van der Waals surface area contributed by atoms with Crippen LogP contribution in [0.3, 0.4) is 0 Å². The van der Waals surface area contributed by atoms with E-state index in [0.29, 0.717) is 19.5 Å². The van der Waals surface area contributed by atoms with Crippen LogP contribution in [0, 0.1) is 0 Å². The summed E-state index contributed by atoms with van der Waals surface area (Å²) >= 11 is 0.